The molecule has 0 saturated carbocycles. The summed E-state index contributed by atoms with van der Waals surface area (Å²) in [7, 11) is 1.67. The van der Waals surface area contributed by atoms with Crippen LogP contribution in [-0.4, -0.2) is 29.2 Å². The minimum atomic E-state index is -1.12. The van der Waals surface area contributed by atoms with Crippen LogP contribution >= 0.6 is 0 Å². The number of hydrogen-bond acceptors (Lipinski definition) is 3. The monoisotopic (exact) mass is 399 g/mol. The lowest BCUT2D eigenvalue weighted by Gasteiger charge is -2.29. The van der Waals surface area contributed by atoms with Gasteiger partial charge in [-0.15, -0.1) is 0 Å². The molecule has 0 aliphatic carbocycles. The highest BCUT2D eigenvalue weighted by Gasteiger charge is 2.56. The Morgan fingerprint density at radius 1 is 0.933 bits per heavy atom. The number of ether oxygens (including phenoxy) is 1. The molecule has 2 aliphatic rings. The molecule has 3 aromatic rings. The van der Waals surface area contributed by atoms with Crippen molar-refractivity contribution in [3.05, 3.63) is 96.1 Å². The van der Waals surface area contributed by atoms with E-state index in [1.807, 2.05) is 54.6 Å². The van der Waals surface area contributed by atoms with Crippen molar-refractivity contribution in [1.82, 2.24) is 0 Å². The lowest BCUT2D eigenvalue weighted by Crippen LogP contribution is -2.47. The Hall–Kier alpha value is -3.11. The molecule has 0 aromatic heterocycles. The van der Waals surface area contributed by atoms with E-state index in [2.05, 4.69) is 39.8 Å². The number of benzene rings is 3. The normalized spacial score (nSPS) is 23.4. The molecule has 0 radical (unpaired) electrons. The van der Waals surface area contributed by atoms with Crippen LogP contribution in [-0.2, 0) is 5.72 Å². The van der Waals surface area contributed by atoms with E-state index in [0.717, 1.165) is 36.3 Å². The van der Waals surface area contributed by atoms with Gasteiger partial charge in [0, 0.05) is 12.0 Å². The number of nitrogens with zero attached hydrogens (tertiary/aromatic N) is 2. The molecule has 0 amide bonds. The van der Waals surface area contributed by atoms with E-state index in [4.69, 9.17) is 4.74 Å². The van der Waals surface area contributed by atoms with E-state index in [1.54, 1.807) is 7.11 Å². The van der Waals surface area contributed by atoms with Crippen molar-refractivity contribution in [2.24, 2.45) is 0 Å². The smallest absolute Gasteiger partial charge is 0.275 e. The summed E-state index contributed by atoms with van der Waals surface area (Å²) in [6, 6.07) is 29.0. The Labute approximate surface area is 177 Å². The molecule has 5 rings (SSSR count). The summed E-state index contributed by atoms with van der Waals surface area (Å²) in [6.07, 6.45) is 3.14. The van der Waals surface area contributed by atoms with Crippen LogP contribution in [0.5, 0.6) is 5.75 Å². The van der Waals surface area contributed by atoms with E-state index < -0.39 is 5.72 Å². The number of hydrogen-bond donors (Lipinski definition) is 1. The van der Waals surface area contributed by atoms with E-state index in [-0.39, 0.29) is 6.04 Å². The van der Waals surface area contributed by atoms with Crippen molar-refractivity contribution >= 4 is 11.5 Å². The third-order valence-corrected chi connectivity index (χ3v) is 6.36. The molecule has 4 nitrogen and oxygen atoms in total. The second-order valence-corrected chi connectivity index (χ2v) is 8.08. The van der Waals surface area contributed by atoms with E-state index >= 15 is 0 Å². The maximum Gasteiger partial charge on any atom is 0.275 e. The fourth-order valence-electron chi connectivity index (χ4n) is 4.94. The topological polar surface area (TPSA) is 35.7 Å². The maximum absolute atomic E-state index is 12.1. The SMILES string of the molecule is COc1ccc(N2C3=[N+](C[C@]2(O)c2ccccc2)[C@H](c2ccccc2)CCC3)cc1. The van der Waals surface area contributed by atoms with Crippen molar-refractivity contribution in [2.75, 3.05) is 18.6 Å². The molecular weight excluding hydrogens is 372 g/mol. The molecule has 0 saturated heterocycles. The van der Waals surface area contributed by atoms with Crippen LogP contribution in [0, 0.1) is 0 Å². The van der Waals surface area contributed by atoms with E-state index in [9.17, 15) is 5.11 Å². The second-order valence-electron chi connectivity index (χ2n) is 8.08. The average Bonchev–Trinajstić information content (AvgIpc) is 3.13. The first-order chi connectivity index (χ1) is 14.7. The van der Waals surface area contributed by atoms with Gasteiger partial charge in [0.25, 0.3) is 11.6 Å². The average molecular weight is 400 g/mol. The molecule has 0 unspecified atom stereocenters. The quantitative estimate of drug-likeness (QED) is 0.646. The minimum Gasteiger partial charge on any atom is -0.497 e. The molecule has 0 spiro atoms. The summed E-state index contributed by atoms with van der Waals surface area (Å²) in [5.41, 5.74) is 2.08. The number of amidine groups is 1. The Bertz CT molecular complexity index is 1050. The van der Waals surface area contributed by atoms with Gasteiger partial charge in [0.15, 0.2) is 6.54 Å². The van der Waals surface area contributed by atoms with Gasteiger partial charge in [-0.1, -0.05) is 60.7 Å². The van der Waals surface area contributed by atoms with E-state index in [1.165, 1.54) is 11.4 Å². The van der Waals surface area contributed by atoms with Crippen LogP contribution in [0.1, 0.15) is 36.4 Å². The minimum absolute atomic E-state index is 0.272. The lowest BCUT2D eigenvalue weighted by molar-refractivity contribution is -0.582. The van der Waals surface area contributed by atoms with Crippen molar-refractivity contribution in [3.63, 3.8) is 0 Å². The van der Waals surface area contributed by atoms with Gasteiger partial charge in [-0.25, -0.2) is 0 Å². The molecule has 2 atom stereocenters. The standard InChI is InChI=1S/C26H27N2O2/c1-30-23-17-15-22(16-18-23)28-25-14-8-13-24(20-9-4-2-5-10-20)27(25)19-26(28,29)21-11-6-3-7-12-21/h2-7,9-12,15-18,24,29H,8,13-14,19H2,1H3/q+1/t24-,26-/m0/s1. The molecule has 0 bridgehead atoms. The van der Waals surface area contributed by atoms with Crippen LogP contribution < -0.4 is 9.64 Å². The maximum atomic E-state index is 12.1. The highest BCUT2D eigenvalue weighted by molar-refractivity contribution is 5.97. The Morgan fingerprint density at radius 3 is 2.27 bits per heavy atom. The lowest BCUT2D eigenvalue weighted by atomic mass is 9.97. The third-order valence-electron chi connectivity index (χ3n) is 6.36. The molecule has 0 fully saturated rings. The molecule has 2 heterocycles. The first-order valence-corrected chi connectivity index (χ1v) is 10.6. The van der Waals surface area contributed by atoms with Crippen molar-refractivity contribution < 1.29 is 14.4 Å². The summed E-state index contributed by atoms with van der Waals surface area (Å²) >= 11 is 0. The molecule has 3 aromatic carbocycles. The first kappa shape index (κ1) is 18.9. The Morgan fingerprint density at radius 2 is 1.60 bits per heavy atom. The number of anilines is 1. The predicted molar refractivity (Wildman–Crippen MR) is 119 cm³/mol. The van der Waals surface area contributed by atoms with Gasteiger partial charge in [-0.05, 0) is 42.7 Å². The number of methoxy groups -OCH3 is 1. The van der Waals surface area contributed by atoms with Gasteiger partial charge in [0.2, 0.25) is 0 Å². The van der Waals surface area contributed by atoms with Crippen LogP contribution in [0.4, 0.5) is 5.69 Å². The first-order valence-electron chi connectivity index (χ1n) is 10.6. The van der Waals surface area contributed by atoms with Gasteiger partial charge in [-0.2, -0.15) is 4.90 Å². The summed E-state index contributed by atoms with van der Waals surface area (Å²) < 4.78 is 7.76. The third kappa shape index (κ3) is 3.08. The van der Waals surface area contributed by atoms with Crippen molar-refractivity contribution in [3.8, 4) is 5.75 Å². The molecule has 30 heavy (non-hydrogen) atoms. The molecular formula is C26H27N2O2+. The van der Waals surface area contributed by atoms with Gasteiger partial charge < -0.3 is 9.84 Å². The molecule has 1 N–H and O–H groups in total. The van der Waals surface area contributed by atoms with E-state index in [0.29, 0.717) is 6.54 Å². The largest absolute Gasteiger partial charge is 0.497 e. The number of aliphatic hydroxyl groups is 1. The second kappa shape index (κ2) is 7.62. The zero-order valence-electron chi connectivity index (χ0n) is 17.2. The van der Waals surface area contributed by atoms with Crippen molar-refractivity contribution in [1.29, 1.82) is 0 Å². The van der Waals surface area contributed by atoms with Gasteiger partial charge >= 0.3 is 0 Å². The highest BCUT2D eigenvalue weighted by atomic mass is 16.5. The highest BCUT2D eigenvalue weighted by Crippen LogP contribution is 2.42. The van der Waals surface area contributed by atoms with Crippen LogP contribution in [0.15, 0.2) is 84.9 Å². The van der Waals surface area contributed by atoms with Gasteiger partial charge in [-0.3, -0.25) is 4.58 Å². The molecule has 2 aliphatic heterocycles. The van der Waals surface area contributed by atoms with Crippen LogP contribution in [0.25, 0.3) is 0 Å². The summed E-state index contributed by atoms with van der Waals surface area (Å²) in [4.78, 5) is 2.14. The molecule has 152 valence electrons. The van der Waals surface area contributed by atoms with Crippen LogP contribution in [0.2, 0.25) is 0 Å². The summed E-state index contributed by atoms with van der Waals surface area (Å²) in [6.45, 7) is 0.540. The fourth-order valence-corrected chi connectivity index (χ4v) is 4.94. The zero-order valence-corrected chi connectivity index (χ0v) is 17.2. The molecule has 4 heteroatoms. The predicted octanol–water partition coefficient (Wildman–Crippen LogP) is 4.70. The Kier molecular flexibility index (Phi) is 4.80. The fraction of sp³-hybridized carbons (Fsp3) is 0.269. The van der Waals surface area contributed by atoms with Crippen LogP contribution in [0.3, 0.4) is 0 Å². The number of rotatable bonds is 4. The summed E-state index contributed by atoms with van der Waals surface area (Å²) in [5.74, 6) is 2.00. The Balaban J connectivity index is 1.65. The van der Waals surface area contributed by atoms with Gasteiger partial charge in [0.05, 0.1) is 7.11 Å². The zero-order chi connectivity index (χ0) is 20.6. The summed E-state index contributed by atoms with van der Waals surface area (Å²) in [5, 5.41) is 12.1. The van der Waals surface area contributed by atoms with Crippen molar-refractivity contribution in [2.45, 2.75) is 31.0 Å². The van der Waals surface area contributed by atoms with Gasteiger partial charge in [0.1, 0.15) is 17.5 Å².